The van der Waals surface area contributed by atoms with Crippen LogP contribution in [0.4, 0.5) is 0 Å². The number of nitriles is 1. The number of esters is 2. The quantitative estimate of drug-likeness (QED) is 0.566. The molecule has 5 unspecified atom stereocenters. The monoisotopic (exact) mass is 275 g/mol. The Morgan fingerprint density at radius 1 is 1.45 bits per heavy atom. The summed E-state index contributed by atoms with van der Waals surface area (Å²) < 4.78 is 10.9. The lowest BCUT2D eigenvalue weighted by Crippen LogP contribution is -2.39. The van der Waals surface area contributed by atoms with Crippen LogP contribution in [0.2, 0.25) is 0 Å². The highest BCUT2D eigenvalue weighted by molar-refractivity contribution is 5.89. The third-order valence-corrected chi connectivity index (χ3v) is 5.07. The Labute approximate surface area is 117 Å². The molecule has 3 fully saturated rings. The zero-order valence-corrected chi connectivity index (χ0v) is 11.8. The molecule has 0 N–H and O–H groups in total. The van der Waals surface area contributed by atoms with E-state index in [0.29, 0.717) is 12.0 Å². The van der Waals surface area contributed by atoms with E-state index >= 15 is 0 Å². The Hall–Kier alpha value is -1.83. The summed E-state index contributed by atoms with van der Waals surface area (Å²) in [5.41, 5.74) is 0.514. The van der Waals surface area contributed by atoms with Gasteiger partial charge in [-0.05, 0) is 33.6 Å². The van der Waals surface area contributed by atoms with Gasteiger partial charge in [0, 0.05) is 17.4 Å². The fraction of sp³-hybridized carbons (Fsp3) is 0.667. The molecule has 0 spiro atoms. The number of hydrogen-bond donors (Lipinski definition) is 0. The Bertz CT molecular complexity index is 569. The molecule has 3 rings (SSSR count). The SMILES string of the molecule is CC(C)=C(C)C(=O)OC1C2CC3C1OC(=O)C3(C#N)C2. The van der Waals surface area contributed by atoms with Gasteiger partial charge in [0.1, 0.15) is 12.2 Å². The maximum Gasteiger partial charge on any atom is 0.334 e. The number of fused-ring (bicyclic) bond motifs is 1. The van der Waals surface area contributed by atoms with E-state index in [1.54, 1.807) is 6.92 Å². The number of carbonyl (C=O) groups excluding carboxylic acids is 2. The molecule has 5 heteroatoms. The van der Waals surface area contributed by atoms with Crippen molar-refractivity contribution in [3.63, 3.8) is 0 Å². The number of nitrogens with zero attached hydrogens (tertiary/aromatic N) is 1. The van der Waals surface area contributed by atoms with E-state index in [1.807, 2.05) is 13.8 Å². The maximum atomic E-state index is 12.0. The van der Waals surface area contributed by atoms with Crippen molar-refractivity contribution in [2.75, 3.05) is 0 Å². The van der Waals surface area contributed by atoms with E-state index in [0.717, 1.165) is 12.0 Å². The van der Waals surface area contributed by atoms with Crippen molar-refractivity contribution in [2.24, 2.45) is 17.3 Å². The predicted molar refractivity (Wildman–Crippen MR) is 68.1 cm³/mol. The fourth-order valence-corrected chi connectivity index (χ4v) is 3.70. The maximum absolute atomic E-state index is 12.0. The molecule has 0 amide bonds. The highest BCUT2D eigenvalue weighted by Crippen LogP contribution is 2.62. The predicted octanol–water partition coefficient (Wildman–Crippen LogP) is 1.73. The molecule has 5 atom stereocenters. The number of hydrogen-bond acceptors (Lipinski definition) is 5. The topological polar surface area (TPSA) is 76.4 Å². The molecule has 106 valence electrons. The van der Waals surface area contributed by atoms with Crippen molar-refractivity contribution in [2.45, 2.75) is 45.8 Å². The van der Waals surface area contributed by atoms with Gasteiger partial charge in [-0.25, -0.2) is 4.79 Å². The van der Waals surface area contributed by atoms with E-state index in [1.165, 1.54) is 0 Å². The largest absolute Gasteiger partial charge is 0.457 e. The van der Waals surface area contributed by atoms with Crippen LogP contribution in [0, 0.1) is 28.6 Å². The molecule has 0 radical (unpaired) electrons. The molecule has 0 aromatic carbocycles. The Kier molecular flexibility index (Phi) is 2.69. The van der Waals surface area contributed by atoms with Crippen molar-refractivity contribution in [3.8, 4) is 6.07 Å². The third kappa shape index (κ3) is 1.48. The second kappa shape index (κ2) is 4.08. The van der Waals surface area contributed by atoms with Crippen LogP contribution in [0.3, 0.4) is 0 Å². The average Bonchev–Trinajstić information content (AvgIpc) is 2.99. The normalized spacial score (nSPS) is 40.2. The van der Waals surface area contributed by atoms with Gasteiger partial charge in [0.05, 0.1) is 6.07 Å². The van der Waals surface area contributed by atoms with Crippen molar-refractivity contribution >= 4 is 11.9 Å². The minimum Gasteiger partial charge on any atom is -0.457 e. The number of carbonyl (C=O) groups is 2. The van der Waals surface area contributed by atoms with Gasteiger partial charge in [-0.2, -0.15) is 5.26 Å². The molecule has 1 heterocycles. The minimum atomic E-state index is -0.982. The number of rotatable bonds is 2. The molecular weight excluding hydrogens is 258 g/mol. The minimum absolute atomic E-state index is 0.0602. The summed E-state index contributed by atoms with van der Waals surface area (Å²) in [5.74, 6) is -0.845. The summed E-state index contributed by atoms with van der Waals surface area (Å²) in [6, 6.07) is 2.14. The lowest BCUT2D eigenvalue weighted by Gasteiger charge is -2.27. The van der Waals surface area contributed by atoms with Crippen LogP contribution in [0.1, 0.15) is 33.6 Å². The van der Waals surface area contributed by atoms with Gasteiger partial charge in [0.15, 0.2) is 5.41 Å². The van der Waals surface area contributed by atoms with Crippen molar-refractivity contribution in [3.05, 3.63) is 11.1 Å². The molecule has 2 saturated carbocycles. The van der Waals surface area contributed by atoms with Crippen LogP contribution in [0.15, 0.2) is 11.1 Å². The van der Waals surface area contributed by atoms with E-state index in [4.69, 9.17) is 9.47 Å². The highest BCUT2D eigenvalue weighted by atomic mass is 16.6. The lowest BCUT2D eigenvalue weighted by atomic mass is 9.74. The van der Waals surface area contributed by atoms with E-state index < -0.39 is 23.6 Å². The second-order valence-electron chi connectivity index (χ2n) is 6.25. The Morgan fingerprint density at radius 3 is 2.75 bits per heavy atom. The first-order chi connectivity index (χ1) is 9.40. The summed E-state index contributed by atoms with van der Waals surface area (Å²) in [7, 11) is 0. The summed E-state index contributed by atoms with van der Waals surface area (Å²) in [4.78, 5) is 24.0. The van der Waals surface area contributed by atoms with Crippen LogP contribution in [-0.2, 0) is 19.1 Å². The average molecular weight is 275 g/mol. The van der Waals surface area contributed by atoms with Gasteiger partial charge in [0.25, 0.3) is 0 Å². The van der Waals surface area contributed by atoms with Crippen LogP contribution in [0.5, 0.6) is 0 Å². The first kappa shape index (κ1) is 13.2. The molecule has 0 aromatic heterocycles. The van der Waals surface area contributed by atoms with Gasteiger partial charge in [-0.1, -0.05) is 5.57 Å². The summed E-state index contributed by atoms with van der Waals surface area (Å²) in [6.45, 7) is 5.44. The van der Waals surface area contributed by atoms with Crippen LogP contribution >= 0.6 is 0 Å². The zero-order valence-electron chi connectivity index (χ0n) is 11.8. The molecular formula is C15H17NO4. The number of ether oxygens (including phenoxy) is 2. The molecule has 0 aromatic rings. The number of allylic oxidation sites excluding steroid dienone is 1. The van der Waals surface area contributed by atoms with Crippen molar-refractivity contribution < 1.29 is 19.1 Å². The molecule has 20 heavy (non-hydrogen) atoms. The van der Waals surface area contributed by atoms with Crippen molar-refractivity contribution in [1.29, 1.82) is 5.26 Å². The Morgan fingerprint density at radius 2 is 2.15 bits per heavy atom. The highest BCUT2D eigenvalue weighted by Gasteiger charge is 2.72. The van der Waals surface area contributed by atoms with Crippen molar-refractivity contribution in [1.82, 2.24) is 0 Å². The molecule has 1 saturated heterocycles. The van der Waals surface area contributed by atoms with E-state index in [9.17, 15) is 14.9 Å². The van der Waals surface area contributed by atoms with E-state index in [-0.39, 0.29) is 17.8 Å². The molecule has 2 aliphatic carbocycles. The molecule has 2 bridgehead atoms. The summed E-state index contributed by atoms with van der Waals surface area (Å²) >= 11 is 0. The van der Waals surface area contributed by atoms with Crippen LogP contribution in [0.25, 0.3) is 0 Å². The van der Waals surface area contributed by atoms with Crippen LogP contribution in [-0.4, -0.2) is 24.1 Å². The van der Waals surface area contributed by atoms with Gasteiger partial charge >= 0.3 is 11.9 Å². The zero-order chi connectivity index (χ0) is 14.7. The third-order valence-electron chi connectivity index (χ3n) is 5.07. The lowest BCUT2D eigenvalue weighted by molar-refractivity contribution is -0.158. The standard InChI is InChI=1S/C15H17NO4/c1-7(2)8(3)13(17)19-11-9-4-10-12(11)20-14(18)15(10,5-9)6-16/h9-12H,4-5H2,1-3H3. The molecule has 1 aliphatic heterocycles. The smallest absolute Gasteiger partial charge is 0.334 e. The fourth-order valence-electron chi connectivity index (χ4n) is 3.70. The van der Waals surface area contributed by atoms with Gasteiger partial charge in [0.2, 0.25) is 0 Å². The molecule has 3 aliphatic rings. The van der Waals surface area contributed by atoms with Crippen LogP contribution < -0.4 is 0 Å². The molecule has 5 nitrogen and oxygen atoms in total. The first-order valence-corrected chi connectivity index (χ1v) is 6.88. The second-order valence-corrected chi connectivity index (χ2v) is 6.25. The summed E-state index contributed by atoms with van der Waals surface area (Å²) in [5, 5.41) is 9.30. The van der Waals surface area contributed by atoms with Gasteiger partial charge in [-0.15, -0.1) is 0 Å². The van der Waals surface area contributed by atoms with Gasteiger partial charge < -0.3 is 9.47 Å². The first-order valence-electron chi connectivity index (χ1n) is 6.88. The van der Waals surface area contributed by atoms with E-state index in [2.05, 4.69) is 6.07 Å². The van der Waals surface area contributed by atoms with Gasteiger partial charge in [-0.3, -0.25) is 4.79 Å². The summed E-state index contributed by atoms with van der Waals surface area (Å²) in [6.07, 6.45) is 0.356. The Balaban J connectivity index is 1.81.